The van der Waals surface area contributed by atoms with Gasteiger partial charge in [-0.3, -0.25) is 4.99 Å². The number of phenolic OH excluding ortho intramolecular Hbond substituents is 1. The van der Waals surface area contributed by atoms with Crippen LogP contribution in [0.5, 0.6) is 11.5 Å². The summed E-state index contributed by atoms with van der Waals surface area (Å²) in [5.74, 6) is 0.582. The van der Waals surface area contributed by atoms with Crippen molar-refractivity contribution in [3.05, 3.63) is 58.6 Å². The fraction of sp³-hybridized carbons (Fsp3) is 0.316. The van der Waals surface area contributed by atoms with Gasteiger partial charge in [0.05, 0.1) is 19.2 Å². The molecule has 24 heavy (non-hydrogen) atoms. The van der Waals surface area contributed by atoms with Gasteiger partial charge in [0, 0.05) is 16.8 Å². The summed E-state index contributed by atoms with van der Waals surface area (Å²) in [5.41, 5.74) is 1.67. The maximum absolute atomic E-state index is 10.2. The van der Waals surface area contributed by atoms with Crippen LogP contribution in [0, 0.1) is 0 Å². The van der Waals surface area contributed by atoms with Crippen LogP contribution in [-0.2, 0) is 0 Å². The summed E-state index contributed by atoms with van der Waals surface area (Å²) in [6, 6.07) is 13.2. The number of para-hydroxylation sites is 1. The van der Waals surface area contributed by atoms with Gasteiger partial charge in [-0.1, -0.05) is 35.9 Å². The van der Waals surface area contributed by atoms with E-state index in [1.165, 1.54) is 0 Å². The molecule has 2 rings (SSSR count). The van der Waals surface area contributed by atoms with Gasteiger partial charge in [-0.05, 0) is 44.8 Å². The summed E-state index contributed by atoms with van der Waals surface area (Å²) < 4.78 is 5.39. The van der Waals surface area contributed by atoms with Crippen LogP contribution in [0.25, 0.3) is 0 Å². The Balaban J connectivity index is 2.17. The van der Waals surface area contributed by atoms with Gasteiger partial charge in [0.15, 0.2) is 11.5 Å². The minimum atomic E-state index is 0.0622. The average Bonchev–Trinajstić information content (AvgIpc) is 2.55. The molecule has 0 aliphatic heterocycles. The Hall–Kier alpha value is -2.04. The molecule has 5 heteroatoms. The van der Waals surface area contributed by atoms with E-state index in [4.69, 9.17) is 16.3 Å². The van der Waals surface area contributed by atoms with Crippen molar-refractivity contribution in [2.45, 2.75) is 13.0 Å². The molecular weight excluding hydrogens is 324 g/mol. The number of hydrogen-bond donors (Lipinski definition) is 1. The molecule has 0 unspecified atom stereocenters. The van der Waals surface area contributed by atoms with E-state index in [1.807, 2.05) is 57.4 Å². The van der Waals surface area contributed by atoms with E-state index in [-0.39, 0.29) is 11.8 Å². The van der Waals surface area contributed by atoms with Crippen molar-refractivity contribution >= 4 is 17.8 Å². The second-order valence-corrected chi connectivity index (χ2v) is 6.03. The smallest absolute Gasteiger partial charge is 0.166 e. The molecule has 128 valence electrons. The van der Waals surface area contributed by atoms with Crippen molar-refractivity contribution in [2.24, 2.45) is 4.99 Å². The molecule has 2 aromatic carbocycles. The second-order valence-electron chi connectivity index (χ2n) is 5.62. The molecule has 0 bridgehead atoms. The topological polar surface area (TPSA) is 45.1 Å². The van der Waals surface area contributed by atoms with Crippen LogP contribution in [0.15, 0.2) is 47.5 Å². The second kappa shape index (κ2) is 8.71. The van der Waals surface area contributed by atoms with Gasteiger partial charge in [-0.15, -0.1) is 0 Å². The first-order chi connectivity index (χ1) is 11.5. The SMILES string of the molecule is CCOc1cccc(C=NC[C@@H](c2ccccc2Cl)N(C)C)c1O. The number of ether oxygens (including phenoxy) is 1. The highest BCUT2D eigenvalue weighted by molar-refractivity contribution is 6.31. The zero-order chi connectivity index (χ0) is 17.5. The number of hydrogen-bond acceptors (Lipinski definition) is 4. The molecule has 1 N–H and O–H groups in total. The average molecular weight is 347 g/mol. The monoisotopic (exact) mass is 346 g/mol. The van der Waals surface area contributed by atoms with E-state index in [9.17, 15) is 5.11 Å². The molecule has 2 aromatic rings. The van der Waals surface area contributed by atoms with E-state index in [1.54, 1.807) is 12.3 Å². The Morgan fingerprint density at radius 2 is 1.96 bits per heavy atom. The third-order valence-corrected chi connectivity index (χ3v) is 4.07. The normalized spacial score (nSPS) is 12.7. The van der Waals surface area contributed by atoms with Crippen molar-refractivity contribution in [3.63, 3.8) is 0 Å². The number of nitrogens with zero attached hydrogens (tertiary/aromatic N) is 2. The minimum absolute atomic E-state index is 0.0622. The molecule has 0 aliphatic carbocycles. The summed E-state index contributed by atoms with van der Waals surface area (Å²) in [5, 5.41) is 10.9. The Bertz CT molecular complexity index is 702. The number of aromatic hydroxyl groups is 1. The largest absolute Gasteiger partial charge is 0.504 e. The van der Waals surface area contributed by atoms with Crippen LogP contribution in [-0.4, -0.2) is 43.5 Å². The lowest BCUT2D eigenvalue weighted by Crippen LogP contribution is -2.23. The lowest BCUT2D eigenvalue weighted by atomic mass is 10.1. The maximum Gasteiger partial charge on any atom is 0.166 e. The van der Waals surface area contributed by atoms with E-state index in [0.29, 0.717) is 24.5 Å². The first-order valence-corrected chi connectivity index (χ1v) is 8.27. The van der Waals surface area contributed by atoms with Crippen LogP contribution in [0.3, 0.4) is 0 Å². The number of likely N-dealkylation sites (N-methyl/N-ethyl adjacent to an activating group) is 1. The highest BCUT2D eigenvalue weighted by atomic mass is 35.5. The Morgan fingerprint density at radius 1 is 1.21 bits per heavy atom. The van der Waals surface area contributed by atoms with Gasteiger partial charge in [0.2, 0.25) is 0 Å². The van der Waals surface area contributed by atoms with Crippen molar-refractivity contribution in [3.8, 4) is 11.5 Å². The number of rotatable bonds is 7. The Morgan fingerprint density at radius 3 is 2.62 bits per heavy atom. The van der Waals surface area contributed by atoms with Gasteiger partial charge < -0.3 is 14.7 Å². The number of aliphatic imine (C=N–C) groups is 1. The molecule has 0 heterocycles. The van der Waals surface area contributed by atoms with Crippen molar-refractivity contribution in [1.29, 1.82) is 0 Å². The molecule has 4 nitrogen and oxygen atoms in total. The lowest BCUT2D eigenvalue weighted by Gasteiger charge is -2.24. The van der Waals surface area contributed by atoms with Crippen LogP contribution in [0.1, 0.15) is 24.1 Å². The maximum atomic E-state index is 10.2. The number of halogens is 1. The van der Waals surface area contributed by atoms with Crippen LogP contribution < -0.4 is 4.74 Å². The van der Waals surface area contributed by atoms with Crippen LogP contribution in [0.4, 0.5) is 0 Å². The van der Waals surface area contributed by atoms with Gasteiger partial charge in [-0.25, -0.2) is 0 Å². The van der Waals surface area contributed by atoms with Crippen molar-refractivity contribution in [1.82, 2.24) is 4.90 Å². The molecule has 0 aromatic heterocycles. The zero-order valence-corrected chi connectivity index (χ0v) is 15.0. The highest BCUT2D eigenvalue weighted by Gasteiger charge is 2.16. The Labute approximate surface area is 148 Å². The summed E-state index contributed by atoms with van der Waals surface area (Å²) in [6.07, 6.45) is 1.67. The van der Waals surface area contributed by atoms with E-state index >= 15 is 0 Å². The molecule has 0 fully saturated rings. The highest BCUT2D eigenvalue weighted by Crippen LogP contribution is 2.29. The molecule has 0 spiro atoms. The molecule has 0 aliphatic rings. The van der Waals surface area contributed by atoms with Gasteiger partial charge in [0.1, 0.15) is 0 Å². The molecule has 0 radical (unpaired) electrons. The lowest BCUT2D eigenvalue weighted by molar-refractivity contribution is 0.307. The standard InChI is InChI=1S/C19H23ClN2O2/c1-4-24-18-11-7-8-14(19(18)23)12-21-13-17(22(2)3)15-9-5-6-10-16(15)20/h5-12,17,23H,4,13H2,1-3H3/t17-/m0/s1. The number of benzene rings is 2. The van der Waals surface area contributed by atoms with Gasteiger partial charge >= 0.3 is 0 Å². The quantitative estimate of drug-likeness (QED) is 0.765. The fourth-order valence-corrected chi connectivity index (χ4v) is 2.71. The molecule has 0 amide bonds. The Kier molecular flexibility index (Phi) is 6.64. The summed E-state index contributed by atoms with van der Waals surface area (Å²) in [4.78, 5) is 6.58. The van der Waals surface area contributed by atoms with Gasteiger partial charge in [-0.2, -0.15) is 0 Å². The van der Waals surface area contributed by atoms with Crippen LogP contribution >= 0.6 is 11.6 Å². The summed E-state index contributed by atoms with van der Waals surface area (Å²) in [6.45, 7) is 2.92. The van der Waals surface area contributed by atoms with Crippen molar-refractivity contribution in [2.75, 3.05) is 27.2 Å². The molecule has 1 atom stereocenters. The van der Waals surface area contributed by atoms with Gasteiger partial charge in [0.25, 0.3) is 0 Å². The summed E-state index contributed by atoms with van der Waals surface area (Å²) in [7, 11) is 3.99. The van der Waals surface area contributed by atoms with E-state index < -0.39 is 0 Å². The molecule has 0 saturated carbocycles. The third-order valence-electron chi connectivity index (χ3n) is 3.73. The van der Waals surface area contributed by atoms with E-state index in [0.717, 1.165) is 10.6 Å². The third kappa shape index (κ3) is 4.49. The molecular formula is C19H23ClN2O2. The van der Waals surface area contributed by atoms with E-state index in [2.05, 4.69) is 9.89 Å². The van der Waals surface area contributed by atoms with Crippen LogP contribution in [0.2, 0.25) is 5.02 Å². The zero-order valence-electron chi connectivity index (χ0n) is 14.2. The predicted octanol–water partition coefficient (Wildman–Crippen LogP) is 4.17. The fourth-order valence-electron chi connectivity index (χ4n) is 2.45. The summed E-state index contributed by atoms with van der Waals surface area (Å²) >= 11 is 6.30. The predicted molar refractivity (Wildman–Crippen MR) is 99.6 cm³/mol. The molecule has 0 saturated heterocycles. The first kappa shape index (κ1) is 18.3. The minimum Gasteiger partial charge on any atom is -0.504 e. The van der Waals surface area contributed by atoms with Crippen molar-refractivity contribution < 1.29 is 9.84 Å². The first-order valence-electron chi connectivity index (χ1n) is 7.90. The number of phenols is 1.